The number of nitrogens with one attached hydrogen (secondary N) is 1. The zero-order chi connectivity index (χ0) is 21.5. The molecule has 1 atom stereocenters. The third-order valence-corrected chi connectivity index (χ3v) is 6.39. The van der Waals surface area contributed by atoms with E-state index in [-0.39, 0.29) is 6.04 Å². The molecule has 31 heavy (non-hydrogen) atoms. The van der Waals surface area contributed by atoms with Gasteiger partial charge in [-0.3, -0.25) is 0 Å². The highest BCUT2D eigenvalue weighted by Gasteiger charge is 2.25. The SMILES string of the molecule is CCOc1ccc(-n2c(C)c3c(C)nnc(NC4CCc5ccccc54)c3c2C)cc1. The molecule has 0 spiro atoms. The Morgan fingerprint density at radius 3 is 2.48 bits per heavy atom. The first-order valence-electron chi connectivity index (χ1n) is 11.0. The van der Waals surface area contributed by atoms with Gasteiger partial charge in [-0.2, -0.15) is 5.10 Å². The summed E-state index contributed by atoms with van der Waals surface area (Å²) in [7, 11) is 0. The lowest BCUT2D eigenvalue weighted by Crippen LogP contribution is -2.10. The molecule has 0 fully saturated rings. The van der Waals surface area contributed by atoms with Gasteiger partial charge in [0.1, 0.15) is 5.75 Å². The van der Waals surface area contributed by atoms with E-state index in [4.69, 9.17) is 4.74 Å². The van der Waals surface area contributed by atoms with Gasteiger partial charge in [-0.25, -0.2) is 0 Å². The van der Waals surface area contributed by atoms with Gasteiger partial charge in [0.25, 0.3) is 0 Å². The van der Waals surface area contributed by atoms with Crippen LogP contribution >= 0.6 is 0 Å². The Labute approximate surface area is 183 Å². The molecule has 0 aliphatic heterocycles. The molecule has 0 amide bonds. The minimum atomic E-state index is 0.268. The van der Waals surface area contributed by atoms with E-state index in [9.17, 15) is 0 Å². The Bertz CT molecular complexity index is 1260. The number of aromatic nitrogens is 3. The second-order valence-corrected chi connectivity index (χ2v) is 8.25. The molecule has 5 rings (SSSR count). The summed E-state index contributed by atoms with van der Waals surface area (Å²) in [6.07, 6.45) is 2.18. The van der Waals surface area contributed by atoms with Crippen LogP contribution in [0.4, 0.5) is 5.82 Å². The zero-order valence-corrected chi connectivity index (χ0v) is 18.6. The van der Waals surface area contributed by atoms with Crippen molar-refractivity contribution in [2.45, 2.75) is 46.6 Å². The second kappa shape index (κ2) is 7.73. The van der Waals surface area contributed by atoms with Crippen molar-refractivity contribution in [3.05, 3.63) is 76.7 Å². The van der Waals surface area contributed by atoms with Gasteiger partial charge in [0, 0.05) is 27.8 Å². The molecule has 5 nitrogen and oxygen atoms in total. The lowest BCUT2D eigenvalue weighted by atomic mass is 10.1. The summed E-state index contributed by atoms with van der Waals surface area (Å²) in [5, 5.41) is 15.2. The smallest absolute Gasteiger partial charge is 0.158 e. The van der Waals surface area contributed by atoms with Gasteiger partial charge in [0.05, 0.1) is 18.3 Å². The summed E-state index contributed by atoms with van der Waals surface area (Å²) in [6.45, 7) is 9.04. The predicted molar refractivity (Wildman–Crippen MR) is 125 cm³/mol. The Kier molecular flexibility index (Phi) is 4.89. The van der Waals surface area contributed by atoms with Crippen LogP contribution in [0.1, 0.15) is 47.6 Å². The van der Waals surface area contributed by atoms with Crippen molar-refractivity contribution >= 4 is 16.6 Å². The van der Waals surface area contributed by atoms with Crippen molar-refractivity contribution < 1.29 is 4.74 Å². The Balaban J connectivity index is 1.60. The van der Waals surface area contributed by atoms with E-state index >= 15 is 0 Å². The molecule has 4 aromatic rings. The molecule has 2 heterocycles. The van der Waals surface area contributed by atoms with Gasteiger partial charge in [0.2, 0.25) is 0 Å². The molecular formula is C26H28N4O. The van der Waals surface area contributed by atoms with Crippen molar-refractivity contribution in [3.63, 3.8) is 0 Å². The minimum absolute atomic E-state index is 0.268. The zero-order valence-electron chi connectivity index (χ0n) is 18.6. The summed E-state index contributed by atoms with van der Waals surface area (Å²) in [5.41, 5.74) is 7.22. The lowest BCUT2D eigenvalue weighted by Gasteiger charge is -2.16. The van der Waals surface area contributed by atoms with Gasteiger partial charge in [-0.1, -0.05) is 24.3 Å². The fourth-order valence-corrected chi connectivity index (χ4v) is 5.01. The minimum Gasteiger partial charge on any atom is -0.494 e. The van der Waals surface area contributed by atoms with Crippen LogP contribution < -0.4 is 10.1 Å². The highest BCUT2D eigenvalue weighted by atomic mass is 16.5. The summed E-state index contributed by atoms with van der Waals surface area (Å²) in [5.74, 6) is 1.76. The van der Waals surface area contributed by atoms with E-state index in [1.807, 2.05) is 26.0 Å². The fraction of sp³-hybridized carbons (Fsp3) is 0.308. The third-order valence-electron chi connectivity index (χ3n) is 6.39. The number of aryl methyl sites for hydroxylation is 4. The maximum atomic E-state index is 5.62. The van der Waals surface area contributed by atoms with Crippen LogP contribution in [0.2, 0.25) is 0 Å². The van der Waals surface area contributed by atoms with Crippen molar-refractivity contribution in [2.75, 3.05) is 11.9 Å². The molecule has 2 aromatic heterocycles. The molecule has 0 saturated carbocycles. The maximum Gasteiger partial charge on any atom is 0.158 e. The van der Waals surface area contributed by atoms with E-state index in [1.54, 1.807) is 0 Å². The highest BCUT2D eigenvalue weighted by Crippen LogP contribution is 2.38. The lowest BCUT2D eigenvalue weighted by molar-refractivity contribution is 0.340. The van der Waals surface area contributed by atoms with Crippen LogP contribution in [0.25, 0.3) is 16.5 Å². The predicted octanol–water partition coefficient (Wildman–Crippen LogP) is 5.84. The van der Waals surface area contributed by atoms with Crippen molar-refractivity contribution in [1.82, 2.24) is 14.8 Å². The fourth-order valence-electron chi connectivity index (χ4n) is 5.01. The topological polar surface area (TPSA) is 52.0 Å². The monoisotopic (exact) mass is 412 g/mol. The number of anilines is 1. The summed E-state index contributed by atoms with van der Waals surface area (Å²) >= 11 is 0. The highest BCUT2D eigenvalue weighted by molar-refractivity contribution is 5.98. The summed E-state index contributed by atoms with van der Waals surface area (Å²) in [4.78, 5) is 0. The molecule has 1 aliphatic carbocycles. The number of ether oxygens (including phenoxy) is 1. The average Bonchev–Trinajstić information content (AvgIpc) is 3.30. The van der Waals surface area contributed by atoms with E-state index in [1.165, 1.54) is 27.9 Å². The number of rotatable bonds is 5. The standard InChI is InChI=1S/C26H28N4O/c1-5-31-21-13-11-20(12-14-21)30-17(3)24-16(2)28-29-26(25(24)18(30)4)27-23-15-10-19-8-6-7-9-22(19)23/h6-9,11-14,23H,5,10,15H2,1-4H3,(H,27,29). The molecule has 2 aromatic carbocycles. The Morgan fingerprint density at radius 1 is 0.968 bits per heavy atom. The van der Waals surface area contributed by atoms with Crippen LogP contribution in [-0.2, 0) is 6.42 Å². The first kappa shape index (κ1) is 19.6. The van der Waals surface area contributed by atoms with Crippen LogP contribution in [0.15, 0.2) is 48.5 Å². The third kappa shape index (κ3) is 3.25. The molecule has 5 heteroatoms. The number of benzene rings is 2. The average molecular weight is 413 g/mol. The number of fused-ring (bicyclic) bond motifs is 2. The van der Waals surface area contributed by atoms with E-state index in [0.29, 0.717) is 6.61 Å². The van der Waals surface area contributed by atoms with Gasteiger partial charge >= 0.3 is 0 Å². The van der Waals surface area contributed by atoms with Crippen LogP contribution in [0, 0.1) is 20.8 Å². The maximum absolute atomic E-state index is 5.62. The molecule has 1 aliphatic rings. The molecule has 0 bridgehead atoms. The number of hydrogen-bond donors (Lipinski definition) is 1. The quantitative estimate of drug-likeness (QED) is 0.447. The first-order chi connectivity index (χ1) is 15.1. The second-order valence-electron chi connectivity index (χ2n) is 8.25. The van der Waals surface area contributed by atoms with E-state index in [2.05, 4.69) is 70.3 Å². The molecule has 158 valence electrons. The van der Waals surface area contributed by atoms with E-state index < -0.39 is 0 Å². The number of hydrogen-bond acceptors (Lipinski definition) is 4. The first-order valence-corrected chi connectivity index (χ1v) is 11.0. The van der Waals surface area contributed by atoms with Crippen LogP contribution in [-0.4, -0.2) is 21.4 Å². The molecule has 1 N–H and O–H groups in total. The summed E-state index contributed by atoms with van der Waals surface area (Å²) in [6, 6.07) is 17.2. The van der Waals surface area contributed by atoms with Crippen LogP contribution in [0.3, 0.4) is 0 Å². The molecular weight excluding hydrogens is 384 g/mol. The van der Waals surface area contributed by atoms with Crippen molar-refractivity contribution in [2.24, 2.45) is 0 Å². The summed E-state index contributed by atoms with van der Waals surface area (Å²) < 4.78 is 7.91. The van der Waals surface area contributed by atoms with Crippen molar-refractivity contribution in [1.29, 1.82) is 0 Å². The van der Waals surface area contributed by atoms with Gasteiger partial charge < -0.3 is 14.6 Å². The van der Waals surface area contributed by atoms with E-state index in [0.717, 1.165) is 41.2 Å². The molecule has 0 radical (unpaired) electrons. The Morgan fingerprint density at radius 2 is 1.71 bits per heavy atom. The molecule has 1 unspecified atom stereocenters. The molecule has 0 saturated heterocycles. The normalized spacial score (nSPS) is 15.3. The van der Waals surface area contributed by atoms with Crippen molar-refractivity contribution in [3.8, 4) is 11.4 Å². The Hall–Kier alpha value is -3.34. The van der Waals surface area contributed by atoms with Gasteiger partial charge in [-0.15, -0.1) is 5.10 Å². The van der Waals surface area contributed by atoms with Gasteiger partial charge in [-0.05, 0) is 75.9 Å². The van der Waals surface area contributed by atoms with Gasteiger partial charge in [0.15, 0.2) is 5.82 Å². The number of nitrogens with zero attached hydrogens (tertiary/aromatic N) is 3. The van der Waals surface area contributed by atoms with Crippen LogP contribution in [0.5, 0.6) is 5.75 Å². The largest absolute Gasteiger partial charge is 0.494 e.